The van der Waals surface area contributed by atoms with Gasteiger partial charge in [0, 0.05) is 48.4 Å². The first-order valence-corrected chi connectivity index (χ1v) is 9.70. The van der Waals surface area contributed by atoms with Gasteiger partial charge in [-0.2, -0.15) is 11.3 Å². The highest BCUT2D eigenvalue weighted by atomic mass is 32.1. The standard InChI is InChI=1S/C19H23N3O3S/c23-18(5-2-7-20-19(24)15-6-12-26-14-15)21-16-3-1-4-17(13-16)22-8-10-25-11-9-22/h1,3-4,6,12-14H,2,5,7-11H2,(H,20,24)(H,21,23). The second-order valence-corrected chi connectivity index (χ2v) is 6.85. The fourth-order valence-electron chi connectivity index (χ4n) is 2.77. The zero-order valence-electron chi connectivity index (χ0n) is 14.6. The maximum atomic E-state index is 12.1. The first-order valence-electron chi connectivity index (χ1n) is 8.75. The molecule has 1 aromatic carbocycles. The lowest BCUT2D eigenvalue weighted by Crippen LogP contribution is -2.36. The molecule has 0 atom stereocenters. The molecule has 7 heteroatoms. The molecule has 1 aliphatic heterocycles. The molecule has 2 amide bonds. The molecule has 0 saturated carbocycles. The highest BCUT2D eigenvalue weighted by Gasteiger charge is 2.12. The molecular weight excluding hydrogens is 350 g/mol. The van der Waals surface area contributed by atoms with E-state index in [0.717, 1.165) is 37.7 Å². The third-order valence-electron chi connectivity index (χ3n) is 4.16. The first-order chi connectivity index (χ1) is 12.7. The summed E-state index contributed by atoms with van der Waals surface area (Å²) >= 11 is 1.49. The van der Waals surface area contributed by atoms with Gasteiger partial charge in [-0.3, -0.25) is 9.59 Å². The topological polar surface area (TPSA) is 70.7 Å². The normalized spacial score (nSPS) is 14.1. The zero-order valence-corrected chi connectivity index (χ0v) is 15.4. The van der Waals surface area contributed by atoms with Crippen LogP contribution >= 0.6 is 11.3 Å². The molecule has 2 heterocycles. The summed E-state index contributed by atoms with van der Waals surface area (Å²) in [6, 6.07) is 9.65. The Kier molecular flexibility index (Phi) is 6.62. The molecular formula is C19H23N3O3S. The van der Waals surface area contributed by atoms with Crippen molar-refractivity contribution in [2.24, 2.45) is 0 Å². The van der Waals surface area contributed by atoms with Crippen molar-refractivity contribution in [1.29, 1.82) is 0 Å². The van der Waals surface area contributed by atoms with Gasteiger partial charge in [0.05, 0.1) is 13.2 Å². The molecule has 2 aromatic rings. The number of ether oxygens (including phenoxy) is 1. The molecule has 0 radical (unpaired) electrons. The molecule has 0 unspecified atom stereocenters. The van der Waals surface area contributed by atoms with Gasteiger partial charge in [-0.15, -0.1) is 0 Å². The summed E-state index contributed by atoms with van der Waals surface area (Å²) in [6.07, 6.45) is 0.969. The predicted molar refractivity (Wildman–Crippen MR) is 104 cm³/mol. The Morgan fingerprint density at radius 1 is 1.19 bits per heavy atom. The largest absolute Gasteiger partial charge is 0.378 e. The fourth-order valence-corrected chi connectivity index (χ4v) is 3.41. The van der Waals surface area contributed by atoms with Gasteiger partial charge in [0.15, 0.2) is 0 Å². The third kappa shape index (κ3) is 5.31. The van der Waals surface area contributed by atoms with Crippen LogP contribution in [0.25, 0.3) is 0 Å². The molecule has 2 N–H and O–H groups in total. The fraction of sp³-hybridized carbons (Fsp3) is 0.368. The Morgan fingerprint density at radius 2 is 2.04 bits per heavy atom. The molecule has 0 spiro atoms. The van der Waals surface area contributed by atoms with Crippen LogP contribution in [0.1, 0.15) is 23.2 Å². The second-order valence-electron chi connectivity index (χ2n) is 6.07. The lowest BCUT2D eigenvalue weighted by atomic mass is 10.2. The van der Waals surface area contributed by atoms with Crippen molar-refractivity contribution in [2.45, 2.75) is 12.8 Å². The number of carbonyl (C=O) groups excluding carboxylic acids is 2. The van der Waals surface area contributed by atoms with E-state index in [1.165, 1.54) is 11.3 Å². The number of rotatable bonds is 7. The smallest absolute Gasteiger partial charge is 0.252 e. The van der Waals surface area contributed by atoms with Crippen LogP contribution in [-0.2, 0) is 9.53 Å². The van der Waals surface area contributed by atoms with Crippen LogP contribution in [0, 0.1) is 0 Å². The van der Waals surface area contributed by atoms with E-state index < -0.39 is 0 Å². The van der Waals surface area contributed by atoms with Crippen LogP contribution in [0.2, 0.25) is 0 Å². The number of benzene rings is 1. The number of carbonyl (C=O) groups is 2. The number of nitrogens with zero attached hydrogens (tertiary/aromatic N) is 1. The SMILES string of the molecule is O=C(CCCNC(=O)c1ccsc1)Nc1cccc(N2CCOCC2)c1. The minimum atomic E-state index is -0.0927. The van der Waals surface area contributed by atoms with Gasteiger partial charge in [0.25, 0.3) is 5.91 Å². The van der Waals surface area contributed by atoms with Gasteiger partial charge in [0.1, 0.15) is 0 Å². The highest BCUT2D eigenvalue weighted by molar-refractivity contribution is 7.08. The lowest BCUT2D eigenvalue weighted by molar-refractivity contribution is -0.116. The van der Waals surface area contributed by atoms with E-state index in [-0.39, 0.29) is 11.8 Å². The van der Waals surface area contributed by atoms with Crippen LogP contribution in [-0.4, -0.2) is 44.7 Å². The van der Waals surface area contributed by atoms with Crippen molar-refractivity contribution >= 4 is 34.5 Å². The number of hydrogen-bond acceptors (Lipinski definition) is 5. The molecule has 1 aliphatic rings. The van der Waals surface area contributed by atoms with Crippen LogP contribution in [0.15, 0.2) is 41.1 Å². The summed E-state index contributed by atoms with van der Waals surface area (Å²) in [5.74, 6) is -0.140. The van der Waals surface area contributed by atoms with Gasteiger partial charge >= 0.3 is 0 Å². The molecule has 1 aromatic heterocycles. The molecule has 1 saturated heterocycles. The van der Waals surface area contributed by atoms with Crippen molar-refractivity contribution in [2.75, 3.05) is 43.1 Å². The van der Waals surface area contributed by atoms with Gasteiger partial charge in [-0.1, -0.05) is 6.07 Å². The van der Waals surface area contributed by atoms with E-state index in [9.17, 15) is 9.59 Å². The van der Waals surface area contributed by atoms with E-state index >= 15 is 0 Å². The number of morpholine rings is 1. The molecule has 138 valence electrons. The molecule has 1 fully saturated rings. The Morgan fingerprint density at radius 3 is 2.81 bits per heavy atom. The molecule has 6 nitrogen and oxygen atoms in total. The average molecular weight is 373 g/mol. The maximum absolute atomic E-state index is 12.1. The zero-order chi connectivity index (χ0) is 18.2. The number of nitrogens with one attached hydrogen (secondary N) is 2. The molecule has 0 bridgehead atoms. The van der Waals surface area contributed by atoms with E-state index in [1.807, 2.05) is 35.0 Å². The van der Waals surface area contributed by atoms with E-state index in [0.29, 0.717) is 24.9 Å². The summed E-state index contributed by atoms with van der Waals surface area (Å²) in [5.41, 5.74) is 2.55. The van der Waals surface area contributed by atoms with Crippen molar-refractivity contribution < 1.29 is 14.3 Å². The third-order valence-corrected chi connectivity index (χ3v) is 4.84. The average Bonchev–Trinajstić information content (AvgIpc) is 3.21. The van der Waals surface area contributed by atoms with Crippen molar-refractivity contribution in [3.8, 4) is 0 Å². The first kappa shape index (κ1) is 18.4. The quantitative estimate of drug-likeness (QED) is 0.732. The number of hydrogen-bond donors (Lipinski definition) is 2. The summed E-state index contributed by atoms with van der Waals surface area (Å²) in [4.78, 5) is 26.2. The predicted octanol–water partition coefficient (Wildman–Crippen LogP) is 2.73. The van der Waals surface area contributed by atoms with Crippen molar-refractivity contribution in [3.63, 3.8) is 0 Å². The maximum Gasteiger partial charge on any atom is 0.252 e. The summed E-state index contributed by atoms with van der Waals surface area (Å²) in [6.45, 7) is 3.67. The summed E-state index contributed by atoms with van der Waals surface area (Å²) in [7, 11) is 0. The molecule has 0 aliphatic carbocycles. The van der Waals surface area contributed by atoms with E-state index in [4.69, 9.17) is 4.74 Å². The number of thiophene rings is 1. The van der Waals surface area contributed by atoms with Gasteiger partial charge in [-0.25, -0.2) is 0 Å². The van der Waals surface area contributed by atoms with E-state index in [1.54, 1.807) is 6.07 Å². The Balaban J connectivity index is 1.41. The van der Waals surface area contributed by atoms with Crippen molar-refractivity contribution in [3.05, 3.63) is 46.7 Å². The van der Waals surface area contributed by atoms with Gasteiger partial charge < -0.3 is 20.3 Å². The number of amides is 2. The van der Waals surface area contributed by atoms with E-state index in [2.05, 4.69) is 15.5 Å². The lowest BCUT2D eigenvalue weighted by Gasteiger charge is -2.29. The van der Waals surface area contributed by atoms with Crippen LogP contribution < -0.4 is 15.5 Å². The van der Waals surface area contributed by atoms with Gasteiger partial charge in [0.2, 0.25) is 5.91 Å². The molecule has 26 heavy (non-hydrogen) atoms. The monoisotopic (exact) mass is 373 g/mol. The minimum Gasteiger partial charge on any atom is -0.378 e. The summed E-state index contributed by atoms with van der Waals surface area (Å²) < 4.78 is 5.37. The van der Waals surface area contributed by atoms with Crippen LogP contribution in [0.3, 0.4) is 0 Å². The Bertz CT molecular complexity index is 727. The highest BCUT2D eigenvalue weighted by Crippen LogP contribution is 2.20. The summed E-state index contributed by atoms with van der Waals surface area (Å²) in [5, 5.41) is 9.43. The van der Waals surface area contributed by atoms with Crippen molar-refractivity contribution in [1.82, 2.24) is 5.32 Å². The van der Waals surface area contributed by atoms with Gasteiger partial charge in [-0.05, 0) is 36.1 Å². The minimum absolute atomic E-state index is 0.0473. The van der Waals surface area contributed by atoms with Crippen LogP contribution in [0.5, 0.6) is 0 Å². The Labute approximate surface area is 157 Å². The number of anilines is 2. The molecule has 3 rings (SSSR count). The second kappa shape index (κ2) is 9.35. The van der Waals surface area contributed by atoms with Crippen LogP contribution in [0.4, 0.5) is 11.4 Å². The Hall–Kier alpha value is -2.38.